The molecular formula is C21H22N2O5. The molecule has 7 nitrogen and oxygen atoms in total. The minimum atomic E-state index is -0.702. The van der Waals surface area contributed by atoms with Crippen molar-refractivity contribution in [3.8, 4) is 23.0 Å². The van der Waals surface area contributed by atoms with E-state index in [-0.39, 0.29) is 18.2 Å². The number of nitrogens with one attached hydrogen (secondary N) is 1. The fourth-order valence-corrected chi connectivity index (χ4v) is 2.82. The van der Waals surface area contributed by atoms with Crippen LogP contribution in [0.4, 0.5) is 0 Å². The van der Waals surface area contributed by atoms with Crippen molar-refractivity contribution in [2.24, 2.45) is 0 Å². The van der Waals surface area contributed by atoms with Gasteiger partial charge in [-0.2, -0.15) is 0 Å². The third-order valence-corrected chi connectivity index (χ3v) is 4.32. The van der Waals surface area contributed by atoms with Gasteiger partial charge in [-0.25, -0.2) is 4.98 Å². The second kappa shape index (κ2) is 8.58. The zero-order valence-corrected chi connectivity index (χ0v) is 15.9. The summed E-state index contributed by atoms with van der Waals surface area (Å²) in [7, 11) is 2.97. The number of amides is 1. The Morgan fingerprint density at radius 3 is 2.61 bits per heavy atom. The third-order valence-electron chi connectivity index (χ3n) is 4.32. The van der Waals surface area contributed by atoms with Gasteiger partial charge in [-0.05, 0) is 30.7 Å². The molecule has 0 fully saturated rings. The molecule has 0 aliphatic heterocycles. The van der Waals surface area contributed by atoms with Gasteiger partial charge in [-0.15, -0.1) is 0 Å². The average Bonchev–Trinajstić information content (AvgIpc) is 3.08. The summed E-state index contributed by atoms with van der Waals surface area (Å²) in [6, 6.07) is 14.2. The highest BCUT2D eigenvalue weighted by Crippen LogP contribution is 2.31. The number of benzene rings is 2. The first kappa shape index (κ1) is 19.4. The van der Waals surface area contributed by atoms with Gasteiger partial charge in [0.25, 0.3) is 5.91 Å². The van der Waals surface area contributed by atoms with E-state index in [0.29, 0.717) is 28.7 Å². The Hall–Kier alpha value is -3.32. The van der Waals surface area contributed by atoms with Crippen LogP contribution in [0.5, 0.6) is 11.5 Å². The van der Waals surface area contributed by atoms with Crippen LogP contribution in [-0.2, 0) is 16.1 Å². The number of hydrogen-bond donors (Lipinski definition) is 2. The number of oxazole rings is 1. The molecule has 2 N–H and O–H groups in total. The lowest BCUT2D eigenvalue weighted by atomic mass is 10.1. The van der Waals surface area contributed by atoms with E-state index in [9.17, 15) is 9.90 Å². The molecule has 0 saturated carbocycles. The third kappa shape index (κ3) is 4.15. The zero-order chi connectivity index (χ0) is 20.1. The molecule has 0 radical (unpaired) electrons. The van der Waals surface area contributed by atoms with Crippen LogP contribution in [0.3, 0.4) is 0 Å². The average molecular weight is 382 g/mol. The van der Waals surface area contributed by atoms with Crippen molar-refractivity contribution < 1.29 is 23.8 Å². The van der Waals surface area contributed by atoms with Gasteiger partial charge in [-0.1, -0.05) is 30.3 Å². The molecule has 1 heterocycles. The van der Waals surface area contributed by atoms with E-state index in [1.807, 2.05) is 30.3 Å². The molecule has 0 aliphatic carbocycles. The van der Waals surface area contributed by atoms with Crippen LogP contribution >= 0.6 is 0 Å². The van der Waals surface area contributed by atoms with E-state index in [1.165, 1.54) is 20.3 Å². The molecular weight excluding hydrogens is 360 g/mol. The molecule has 0 saturated heterocycles. The van der Waals surface area contributed by atoms with E-state index >= 15 is 0 Å². The Morgan fingerprint density at radius 2 is 1.96 bits per heavy atom. The monoisotopic (exact) mass is 382 g/mol. The first-order chi connectivity index (χ1) is 13.5. The summed E-state index contributed by atoms with van der Waals surface area (Å²) in [6.45, 7) is 1.97. The fourth-order valence-electron chi connectivity index (χ4n) is 2.82. The van der Waals surface area contributed by atoms with Crippen molar-refractivity contribution >= 4 is 5.91 Å². The number of nitrogens with zero attached hydrogens (tertiary/aromatic N) is 1. The highest BCUT2D eigenvalue weighted by molar-refractivity contribution is 5.82. The van der Waals surface area contributed by atoms with Crippen LogP contribution in [0.15, 0.2) is 52.9 Å². The van der Waals surface area contributed by atoms with Crippen molar-refractivity contribution in [1.82, 2.24) is 10.3 Å². The lowest BCUT2D eigenvalue weighted by Crippen LogP contribution is -2.30. The van der Waals surface area contributed by atoms with E-state index in [0.717, 1.165) is 5.56 Å². The van der Waals surface area contributed by atoms with Crippen LogP contribution in [0.2, 0.25) is 0 Å². The van der Waals surface area contributed by atoms with Gasteiger partial charge in [0, 0.05) is 12.7 Å². The topological polar surface area (TPSA) is 93.8 Å². The molecule has 28 heavy (non-hydrogen) atoms. The van der Waals surface area contributed by atoms with Gasteiger partial charge in [0.05, 0.1) is 13.7 Å². The Labute approximate surface area is 162 Å². The van der Waals surface area contributed by atoms with Crippen LogP contribution < -0.4 is 10.1 Å². The van der Waals surface area contributed by atoms with Gasteiger partial charge < -0.3 is 24.3 Å². The smallest absolute Gasteiger partial charge is 0.254 e. The van der Waals surface area contributed by atoms with Crippen LogP contribution in [0.1, 0.15) is 23.1 Å². The molecule has 2 aromatic carbocycles. The second-order valence-corrected chi connectivity index (χ2v) is 6.15. The summed E-state index contributed by atoms with van der Waals surface area (Å²) in [5.74, 6) is 1.03. The Morgan fingerprint density at radius 1 is 1.21 bits per heavy atom. The molecule has 0 bridgehead atoms. The molecule has 0 unspecified atom stereocenters. The number of carbonyl (C=O) groups excluding carboxylic acids is 1. The van der Waals surface area contributed by atoms with Gasteiger partial charge >= 0.3 is 0 Å². The number of phenolic OH excluding ortho intramolecular Hbond substituents is 1. The minimum Gasteiger partial charge on any atom is -0.504 e. The number of aryl methyl sites for hydroxylation is 1. The summed E-state index contributed by atoms with van der Waals surface area (Å²) in [4.78, 5) is 16.9. The highest BCUT2D eigenvalue weighted by atomic mass is 16.5. The van der Waals surface area contributed by atoms with Crippen molar-refractivity contribution in [2.45, 2.75) is 19.6 Å². The Kier molecular flexibility index (Phi) is 5.96. The zero-order valence-electron chi connectivity index (χ0n) is 15.9. The minimum absolute atomic E-state index is 0.00324. The Balaban J connectivity index is 1.72. The van der Waals surface area contributed by atoms with Crippen LogP contribution in [0.25, 0.3) is 11.5 Å². The molecule has 3 rings (SSSR count). The molecule has 1 amide bonds. The SMILES string of the molecule is COc1ccc(-c2nc(CNC(=O)[C@H](OC)c3ccccc3)c(C)o2)cc1O. The maximum Gasteiger partial charge on any atom is 0.254 e. The first-order valence-electron chi connectivity index (χ1n) is 8.72. The van der Waals surface area contributed by atoms with E-state index in [4.69, 9.17) is 13.9 Å². The number of phenols is 1. The van der Waals surface area contributed by atoms with Gasteiger partial charge in [0.1, 0.15) is 11.5 Å². The summed E-state index contributed by atoms with van der Waals surface area (Å²) < 4.78 is 16.1. The molecule has 146 valence electrons. The number of methoxy groups -OCH3 is 2. The first-order valence-corrected chi connectivity index (χ1v) is 8.72. The van der Waals surface area contributed by atoms with Crippen molar-refractivity contribution in [3.63, 3.8) is 0 Å². The number of aromatic hydroxyl groups is 1. The van der Waals surface area contributed by atoms with E-state index in [1.54, 1.807) is 19.1 Å². The summed E-state index contributed by atoms with van der Waals surface area (Å²) >= 11 is 0. The highest BCUT2D eigenvalue weighted by Gasteiger charge is 2.21. The van der Waals surface area contributed by atoms with Crippen LogP contribution in [0, 0.1) is 6.92 Å². The number of rotatable bonds is 7. The molecule has 0 spiro atoms. The van der Waals surface area contributed by atoms with E-state index < -0.39 is 6.10 Å². The number of ether oxygens (including phenoxy) is 2. The number of carbonyl (C=O) groups is 1. The summed E-state index contributed by atoms with van der Waals surface area (Å²) in [5, 5.41) is 12.8. The summed E-state index contributed by atoms with van der Waals surface area (Å²) in [5.41, 5.74) is 1.98. The van der Waals surface area contributed by atoms with Crippen molar-refractivity contribution in [3.05, 3.63) is 65.5 Å². The molecule has 7 heteroatoms. The Bertz CT molecular complexity index is 953. The molecule has 0 aliphatic rings. The molecule has 1 aromatic heterocycles. The fraction of sp³-hybridized carbons (Fsp3) is 0.238. The van der Waals surface area contributed by atoms with Gasteiger partial charge in [0.2, 0.25) is 5.89 Å². The molecule has 3 aromatic rings. The maximum absolute atomic E-state index is 12.5. The van der Waals surface area contributed by atoms with Crippen LogP contribution in [-0.4, -0.2) is 30.2 Å². The van der Waals surface area contributed by atoms with Gasteiger partial charge in [-0.3, -0.25) is 4.79 Å². The van der Waals surface area contributed by atoms with E-state index in [2.05, 4.69) is 10.3 Å². The van der Waals surface area contributed by atoms with Gasteiger partial charge in [0.15, 0.2) is 17.6 Å². The lowest BCUT2D eigenvalue weighted by molar-refractivity contribution is -0.131. The van der Waals surface area contributed by atoms with Crippen molar-refractivity contribution in [2.75, 3.05) is 14.2 Å². The predicted molar refractivity (Wildman–Crippen MR) is 103 cm³/mol. The quantitative estimate of drug-likeness (QED) is 0.651. The van der Waals surface area contributed by atoms with Crippen molar-refractivity contribution in [1.29, 1.82) is 0 Å². The lowest BCUT2D eigenvalue weighted by Gasteiger charge is -2.15. The number of hydrogen-bond acceptors (Lipinski definition) is 6. The second-order valence-electron chi connectivity index (χ2n) is 6.15. The largest absolute Gasteiger partial charge is 0.504 e. The predicted octanol–water partition coefficient (Wildman–Crippen LogP) is 3.37. The molecule has 1 atom stereocenters. The standard InChI is InChI=1S/C21H22N2O5/c1-13-16(12-22-20(25)19(27-3)14-7-5-4-6-8-14)23-21(28-13)15-9-10-18(26-2)17(24)11-15/h4-11,19,24H,12H2,1-3H3,(H,22,25)/t19-/m1/s1. The normalized spacial score (nSPS) is 11.8. The number of aromatic nitrogens is 1. The maximum atomic E-state index is 12.5. The summed E-state index contributed by atoms with van der Waals surface area (Å²) in [6.07, 6.45) is -0.702.